The largest absolute Gasteiger partial charge is 0.378 e. The summed E-state index contributed by atoms with van der Waals surface area (Å²) in [5, 5.41) is 4.32. The molecule has 3 aliphatic heterocycles. The quantitative estimate of drug-likeness (QED) is 0.706. The fourth-order valence-electron chi connectivity index (χ4n) is 6.53. The van der Waals surface area contributed by atoms with E-state index in [4.69, 9.17) is 4.74 Å². The SMILES string of the molecule is Cn1cc(CN2C[C@@H]3CN(C(=O)C4CCCC4)CCC[C@]3(C(=O)N3CCOCC3)C2)cn1. The Morgan fingerprint density at radius 2 is 1.88 bits per heavy atom. The smallest absolute Gasteiger partial charge is 0.230 e. The Bertz CT molecular complexity index is 829. The number of hydrogen-bond donors (Lipinski definition) is 0. The van der Waals surface area contributed by atoms with Gasteiger partial charge in [0.05, 0.1) is 24.8 Å². The minimum Gasteiger partial charge on any atom is -0.378 e. The molecule has 0 aromatic carbocycles. The second-order valence-corrected chi connectivity index (χ2v) is 10.3. The van der Waals surface area contributed by atoms with Crippen LogP contribution in [0.15, 0.2) is 12.4 Å². The molecule has 4 fully saturated rings. The van der Waals surface area contributed by atoms with E-state index in [1.54, 1.807) is 0 Å². The first-order chi connectivity index (χ1) is 15.5. The van der Waals surface area contributed by atoms with Gasteiger partial charge < -0.3 is 14.5 Å². The number of hydrogen-bond acceptors (Lipinski definition) is 5. The lowest BCUT2D eigenvalue weighted by molar-refractivity contribution is -0.149. The van der Waals surface area contributed by atoms with E-state index in [1.807, 2.05) is 22.8 Å². The van der Waals surface area contributed by atoms with E-state index in [0.717, 1.165) is 58.4 Å². The van der Waals surface area contributed by atoms with Gasteiger partial charge in [0.25, 0.3) is 0 Å². The van der Waals surface area contributed by atoms with Crippen LogP contribution in [0.5, 0.6) is 0 Å². The van der Waals surface area contributed by atoms with Crippen molar-refractivity contribution in [2.24, 2.45) is 24.3 Å². The fraction of sp³-hybridized carbons (Fsp3) is 0.792. The zero-order valence-electron chi connectivity index (χ0n) is 19.4. The Labute approximate surface area is 190 Å². The second kappa shape index (κ2) is 9.14. The lowest BCUT2D eigenvalue weighted by atomic mass is 9.73. The van der Waals surface area contributed by atoms with Gasteiger partial charge in [-0.2, -0.15) is 5.10 Å². The number of amides is 2. The molecule has 0 unspecified atom stereocenters. The molecule has 176 valence electrons. The summed E-state index contributed by atoms with van der Waals surface area (Å²) in [5.41, 5.74) is 0.779. The third kappa shape index (κ3) is 4.19. The lowest BCUT2D eigenvalue weighted by Crippen LogP contribution is -2.53. The summed E-state index contributed by atoms with van der Waals surface area (Å²) in [6.45, 7) is 6.56. The van der Waals surface area contributed by atoms with Gasteiger partial charge in [0.15, 0.2) is 0 Å². The van der Waals surface area contributed by atoms with Gasteiger partial charge in [-0.15, -0.1) is 0 Å². The van der Waals surface area contributed by atoms with E-state index >= 15 is 0 Å². The third-order valence-corrected chi connectivity index (χ3v) is 8.16. The molecule has 5 rings (SSSR count). The van der Waals surface area contributed by atoms with E-state index in [2.05, 4.69) is 21.1 Å². The molecule has 32 heavy (non-hydrogen) atoms. The molecule has 1 aliphatic carbocycles. The predicted molar refractivity (Wildman–Crippen MR) is 120 cm³/mol. The third-order valence-electron chi connectivity index (χ3n) is 8.16. The first-order valence-corrected chi connectivity index (χ1v) is 12.4. The van der Waals surface area contributed by atoms with E-state index in [-0.39, 0.29) is 17.7 Å². The number of carbonyl (C=O) groups is 2. The molecule has 8 heteroatoms. The summed E-state index contributed by atoms with van der Waals surface area (Å²) in [4.78, 5) is 33.8. The number of aryl methyl sites for hydroxylation is 1. The molecule has 2 atom stereocenters. The van der Waals surface area contributed by atoms with Gasteiger partial charge >= 0.3 is 0 Å². The van der Waals surface area contributed by atoms with Crippen molar-refractivity contribution >= 4 is 11.8 Å². The molecular weight excluding hydrogens is 406 g/mol. The van der Waals surface area contributed by atoms with Gasteiger partial charge in [0, 0.05) is 76.5 Å². The van der Waals surface area contributed by atoms with Crippen LogP contribution in [-0.4, -0.2) is 88.8 Å². The number of aromatic nitrogens is 2. The molecule has 0 radical (unpaired) electrons. The van der Waals surface area contributed by atoms with E-state index in [1.165, 1.54) is 18.4 Å². The zero-order chi connectivity index (χ0) is 22.1. The van der Waals surface area contributed by atoms with E-state index in [9.17, 15) is 9.59 Å². The van der Waals surface area contributed by atoms with Gasteiger partial charge in [-0.25, -0.2) is 0 Å². The second-order valence-electron chi connectivity index (χ2n) is 10.3. The predicted octanol–water partition coefficient (Wildman–Crippen LogP) is 1.51. The van der Waals surface area contributed by atoms with Crippen molar-refractivity contribution in [1.82, 2.24) is 24.5 Å². The van der Waals surface area contributed by atoms with Crippen molar-refractivity contribution in [2.75, 3.05) is 52.5 Å². The summed E-state index contributed by atoms with van der Waals surface area (Å²) in [6.07, 6.45) is 10.2. The maximum atomic E-state index is 14.0. The Kier molecular flexibility index (Phi) is 6.25. The number of fused-ring (bicyclic) bond motifs is 1. The number of nitrogens with zero attached hydrogens (tertiary/aromatic N) is 5. The summed E-state index contributed by atoms with van der Waals surface area (Å²) < 4.78 is 7.35. The molecule has 3 saturated heterocycles. The highest BCUT2D eigenvalue weighted by atomic mass is 16.5. The van der Waals surface area contributed by atoms with Crippen molar-refractivity contribution in [3.63, 3.8) is 0 Å². The van der Waals surface area contributed by atoms with Crippen LogP contribution in [0.25, 0.3) is 0 Å². The molecule has 1 aromatic rings. The molecule has 2 amide bonds. The van der Waals surface area contributed by atoms with Crippen LogP contribution in [-0.2, 0) is 27.9 Å². The monoisotopic (exact) mass is 443 g/mol. The van der Waals surface area contributed by atoms with Crippen LogP contribution in [0, 0.1) is 17.3 Å². The normalized spacial score (nSPS) is 29.8. The summed E-state index contributed by atoms with van der Waals surface area (Å²) in [5.74, 6) is 1.00. The molecule has 1 saturated carbocycles. The van der Waals surface area contributed by atoms with E-state index in [0.29, 0.717) is 32.2 Å². The maximum Gasteiger partial charge on any atom is 0.230 e. The van der Waals surface area contributed by atoms with Crippen LogP contribution in [0.3, 0.4) is 0 Å². The molecule has 8 nitrogen and oxygen atoms in total. The van der Waals surface area contributed by atoms with Crippen molar-refractivity contribution in [2.45, 2.75) is 45.1 Å². The average molecular weight is 444 g/mol. The first-order valence-electron chi connectivity index (χ1n) is 12.4. The minimum atomic E-state index is -0.399. The Balaban J connectivity index is 1.38. The zero-order valence-corrected chi connectivity index (χ0v) is 19.4. The van der Waals surface area contributed by atoms with Crippen LogP contribution in [0.1, 0.15) is 44.1 Å². The van der Waals surface area contributed by atoms with Crippen LogP contribution < -0.4 is 0 Å². The van der Waals surface area contributed by atoms with Crippen molar-refractivity contribution < 1.29 is 14.3 Å². The molecule has 4 heterocycles. The highest BCUT2D eigenvalue weighted by Crippen LogP contribution is 2.45. The molecule has 0 bridgehead atoms. The van der Waals surface area contributed by atoms with Gasteiger partial charge in [0.2, 0.25) is 11.8 Å². The van der Waals surface area contributed by atoms with Gasteiger partial charge in [-0.05, 0) is 25.7 Å². The molecule has 0 spiro atoms. The van der Waals surface area contributed by atoms with Crippen LogP contribution in [0.4, 0.5) is 0 Å². The number of ether oxygens (including phenoxy) is 1. The summed E-state index contributed by atoms with van der Waals surface area (Å²) in [6, 6.07) is 0. The molecule has 0 N–H and O–H groups in total. The fourth-order valence-corrected chi connectivity index (χ4v) is 6.53. The Hall–Kier alpha value is -1.93. The molecule has 1 aromatic heterocycles. The van der Waals surface area contributed by atoms with E-state index < -0.39 is 5.41 Å². The summed E-state index contributed by atoms with van der Waals surface area (Å²) >= 11 is 0. The molecule has 4 aliphatic rings. The topological polar surface area (TPSA) is 70.9 Å². The van der Waals surface area contributed by atoms with Gasteiger partial charge in [-0.3, -0.25) is 19.2 Å². The number of morpholine rings is 1. The number of rotatable bonds is 4. The first kappa shape index (κ1) is 21.9. The average Bonchev–Trinajstić information content (AvgIpc) is 3.53. The van der Waals surface area contributed by atoms with Gasteiger partial charge in [-0.1, -0.05) is 12.8 Å². The Morgan fingerprint density at radius 1 is 1.09 bits per heavy atom. The number of likely N-dealkylation sites (tertiary alicyclic amines) is 2. The van der Waals surface area contributed by atoms with Crippen molar-refractivity contribution in [3.8, 4) is 0 Å². The Morgan fingerprint density at radius 3 is 2.59 bits per heavy atom. The van der Waals surface area contributed by atoms with Crippen molar-refractivity contribution in [3.05, 3.63) is 18.0 Å². The maximum absolute atomic E-state index is 14.0. The highest BCUT2D eigenvalue weighted by molar-refractivity contribution is 5.84. The minimum absolute atomic E-state index is 0.183. The van der Waals surface area contributed by atoms with Crippen LogP contribution >= 0.6 is 0 Å². The van der Waals surface area contributed by atoms with Crippen LogP contribution in [0.2, 0.25) is 0 Å². The molecular formula is C24H37N5O3. The summed E-state index contributed by atoms with van der Waals surface area (Å²) in [7, 11) is 1.94. The lowest BCUT2D eigenvalue weighted by Gasteiger charge is -2.39. The van der Waals surface area contributed by atoms with Gasteiger partial charge in [0.1, 0.15) is 0 Å². The number of carbonyl (C=O) groups excluding carboxylic acids is 2. The highest BCUT2D eigenvalue weighted by Gasteiger charge is 2.54. The van der Waals surface area contributed by atoms with Crippen molar-refractivity contribution in [1.29, 1.82) is 0 Å². The standard InChI is InChI=1S/C24H37N5O3/c1-26-14-19(13-25-26)15-27-16-21-17-29(22(30)20-5-2-3-6-20)8-4-7-24(21,18-27)23(31)28-9-11-32-12-10-28/h13-14,20-21H,2-12,15-18H2,1H3/t21-,24+/m1/s1.